The molecule has 1 amide bonds. The quantitative estimate of drug-likeness (QED) is 0.715. The van der Waals surface area contributed by atoms with Gasteiger partial charge in [-0.1, -0.05) is 56.3 Å². The highest BCUT2D eigenvalue weighted by molar-refractivity contribution is 5.97. The van der Waals surface area contributed by atoms with Gasteiger partial charge in [-0.05, 0) is 25.5 Å². The van der Waals surface area contributed by atoms with Crippen molar-refractivity contribution in [1.82, 2.24) is 0 Å². The minimum absolute atomic E-state index is 0.273. The van der Waals surface area contributed by atoms with E-state index in [0.29, 0.717) is 30.0 Å². The van der Waals surface area contributed by atoms with Crippen LogP contribution in [0.2, 0.25) is 0 Å². The number of hydrogen-bond donors (Lipinski definition) is 1. The minimum Gasteiger partial charge on any atom is -0.492 e. The summed E-state index contributed by atoms with van der Waals surface area (Å²) in [5.41, 5.74) is 1.16. The number of para-hydroxylation sites is 2. The molecule has 2 aromatic carbocycles. The topological polar surface area (TPSA) is 64.6 Å². The van der Waals surface area contributed by atoms with Gasteiger partial charge in [-0.15, -0.1) is 0 Å². The lowest BCUT2D eigenvalue weighted by Crippen LogP contribution is -2.28. The molecule has 0 fully saturated rings. The van der Waals surface area contributed by atoms with Crippen LogP contribution in [0.3, 0.4) is 0 Å². The molecule has 0 saturated carbocycles. The number of ether oxygens (including phenoxy) is 2. The summed E-state index contributed by atoms with van der Waals surface area (Å²) in [6, 6.07) is 16.2. The maximum Gasteiger partial charge on any atom is 0.309 e. The third kappa shape index (κ3) is 5.09. The van der Waals surface area contributed by atoms with Crippen LogP contribution in [0.4, 0.5) is 5.69 Å². The first-order valence-electron chi connectivity index (χ1n) is 8.84. The van der Waals surface area contributed by atoms with E-state index in [9.17, 15) is 9.59 Å². The van der Waals surface area contributed by atoms with Gasteiger partial charge in [-0.2, -0.15) is 0 Å². The average Bonchev–Trinajstić information content (AvgIpc) is 2.67. The first-order valence-corrected chi connectivity index (χ1v) is 8.84. The molecule has 0 aliphatic rings. The normalized spacial score (nSPS) is 12.7. The van der Waals surface area contributed by atoms with Crippen LogP contribution in [0.1, 0.15) is 38.9 Å². The van der Waals surface area contributed by atoms with Crippen molar-refractivity contribution >= 4 is 17.6 Å². The van der Waals surface area contributed by atoms with E-state index in [1.54, 1.807) is 49.4 Å². The Morgan fingerprint density at radius 1 is 1.00 bits per heavy atom. The van der Waals surface area contributed by atoms with Gasteiger partial charge in [0.2, 0.25) is 6.10 Å². The number of carbonyl (C=O) groups is 2. The summed E-state index contributed by atoms with van der Waals surface area (Å²) in [6.07, 6.45) is -0.373. The standard InChI is InChI=1S/C21H25NO4/c1-4-15(3)21(24)26-19(16-11-7-6-8-12-16)20(23)22-17-13-9-10-14-18(17)25-5-2/h6-15,19H,4-5H2,1-3H3,(H,22,23)/t15-,19-/m1/s1. The van der Waals surface area contributed by atoms with Crippen LogP contribution in [0.25, 0.3) is 0 Å². The molecule has 5 nitrogen and oxygen atoms in total. The minimum atomic E-state index is -1.02. The maximum atomic E-state index is 12.9. The molecule has 5 heteroatoms. The van der Waals surface area contributed by atoms with Crippen molar-refractivity contribution in [2.24, 2.45) is 5.92 Å². The molecule has 26 heavy (non-hydrogen) atoms. The van der Waals surface area contributed by atoms with Crippen molar-refractivity contribution in [3.05, 3.63) is 60.2 Å². The van der Waals surface area contributed by atoms with Crippen LogP contribution in [0, 0.1) is 5.92 Å². The number of carbonyl (C=O) groups excluding carboxylic acids is 2. The molecule has 1 N–H and O–H groups in total. The summed E-state index contributed by atoms with van der Waals surface area (Å²) >= 11 is 0. The fourth-order valence-corrected chi connectivity index (χ4v) is 2.35. The van der Waals surface area contributed by atoms with Gasteiger partial charge in [0.15, 0.2) is 0 Å². The van der Waals surface area contributed by atoms with E-state index in [0.717, 1.165) is 0 Å². The molecule has 0 bridgehead atoms. The molecular weight excluding hydrogens is 330 g/mol. The van der Waals surface area contributed by atoms with Gasteiger partial charge in [0, 0.05) is 5.56 Å². The molecule has 0 radical (unpaired) electrons. The zero-order chi connectivity index (χ0) is 18.9. The molecule has 0 aromatic heterocycles. The number of amides is 1. The van der Waals surface area contributed by atoms with Crippen molar-refractivity contribution in [2.45, 2.75) is 33.3 Å². The number of rotatable bonds is 8. The average molecular weight is 355 g/mol. The van der Waals surface area contributed by atoms with E-state index < -0.39 is 18.0 Å². The molecule has 0 spiro atoms. The first kappa shape index (κ1) is 19.5. The van der Waals surface area contributed by atoms with E-state index in [1.807, 2.05) is 26.0 Å². The summed E-state index contributed by atoms with van der Waals surface area (Å²) in [6.45, 7) is 6.05. The third-order valence-corrected chi connectivity index (χ3v) is 4.03. The number of hydrogen-bond acceptors (Lipinski definition) is 4. The Kier molecular flexibility index (Phi) is 7.21. The summed E-state index contributed by atoms with van der Waals surface area (Å²) in [7, 11) is 0. The summed E-state index contributed by atoms with van der Waals surface area (Å²) in [5, 5.41) is 2.82. The fraction of sp³-hybridized carbons (Fsp3) is 0.333. The van der Waals surface area contributed by atoms with E-state index in [4.69, 9.17) is 9.47 Å². The molecule has 2 atom stereocenters. The Bertz CT molecular complexity index is 730. The molecule has 0 saturated heterocycles. The third-order valence-electron chi connectivity index (χ3n) is 4.03. The number of nitrogens with one attached hydrogen (secondary N) is 1. The molecule has 0 heterocycles. The lowest BCUT2D eigenvalue weighted by molar-refractivity contribution is -0.158. The smallest absolute Gasteiger partial charge is 0.309 e. The Labute approximate surface area is 154 Å². The van der Waals surface area contributed by atoms with Crippen LogP contribution in [-0.2, 0) is 14.3 Å². The largest absolute Gasteiger partial charge is 0.492 e. The molecule has 0 aliphatic carbocycles. The maximum absolute atomic E-state index is 12.9. The first-order chi connectivity index (χ1) is 12.6. The Morgan fingerprint density at radius 2 is 1.65 bits per heavy atom. The molecular formula is C21H25NO4. The number of esters is 1. The molecule has 0 aliphatic heterocycles. The second-order valence-electron chi connectivity index (χ2n) is 5.96. The monoisotopic (exact) mass is 355 g/mol. The highest BCUT2D eigenvalue weighted by Gasteiger charge is 2.27. The van der Waals surface area contributed by atoms with E-state index >= 15 is 0 Å². The zero-order valence-corrected chi connectivity index (χ0v) is 15.4. The highest BCUT2D eigenvalue weighted by atomic mass is 16.5. The predicted octanol–water partition coefficient (Wildman–Crippen LogP) is 4.35. The molecule has 2 rings (SSSR count). The van der Waals surface area contributed by atoms with Crippen LogP contribution >= 0.6 is 0 Å². The van der Waals surface area contributed by atoms with Crippen molar-refractivity contribution in [3.8, 4) is 5.75 Å². The van der Waals surface area contributed by atoms with Crippen LogP contribution < -0.4 is 10.1 Å². The summed E-state index contributed by atoms with van der Waals surface area (Å²) < 4.78 is 11.1. The van der Waals surface area contributed by atoms with Gasteiger partial charge in [-0.25, -0.2) is 0 Å². The Morgan fingerprint density at radius 3 is 2.31 bits per heavy atom. The van der Waals surface area contributed by atoms with Crippen LogP contribution in [-0.4, -0.2) is 18.5 Å². The zero-order valence-electron chi connectivity index (χ0n) is 15.4. The molecule has 2 aromatic rings. The van der Waals surface area contributed by atoms with E-state index in [1.165, 1.54) is 0 Å². The van der Waals surface area contributed by atoms with Gasteiger partial charge in [-0.3, -0.25) is 9.59 Å². The lowest BCUT2D eigenvalue weighted by Gasteiger charge is -2.20. The van der Waals surface area contributed by atoms with Gasteiger partial charge in [0.25, 0.3) is 5.91 Å². The van der Waals surface area contributed by atoms with Crippen LogP contribution in [0.5, 0.6) is 5.75 Å². The van der Waals surface area contributed by atoms with Crippen molar-refractivity contribution in [3.63, 3.8) is 0 Å². The number of anilines is 1. The summed E-state index contributed by atoms with van der Waals surface area (Å²) in [5.74, 6) is -0.511. The second-order valence-corrected chi connectivity index (χ2v) is 5.96. The lowest BCUT2D eigenvalue weighted by atomic mass is 10.1. The molecule has 0 unspecified atom stereocenters. The SMILES string of the molecule is CCOc1ccccc1NC(=O)[C@H](OC(=O)[C@H](C)CC)c1ccccc1. The highest BCUT2D eigenvalue weighted by Crippen LogP contribution is 2.27. The van der Waals surface area contributed by atoms with Gasteiger partial charge >= 0.3 is 5.97 Å². The van der Waals surface area contributed by atoms with Crippen molar-refractivity contribution in [1.29, 1.82) is 0 Å². The van der Waals surface area contributed by atoms with Crippen molar-refractivity contribution < 1.29 is 19.1 Å². The van der Waals surface area contributed by atoms with E-state index in [2.05, 4.69) is 5.32 Å². The molecule has 138 valence electrons. The van der Waals surface area contributed by atoms with E-state index in [-0.39, 0.29) is 5.92 Å². The van der Waals surface area contributed by atoms with Gasteiger partial charge in [0.05, 0.1) is 18.2 Å². The Hall–Kier alpha value is -2.82. The van der Waals surface area contributed by atoms with Gasteiger partial charge < -0.3 is 14.8 Å². The number of benzene rings is 2. The van der Waals surface area contributed by atoms with Gasteiger partial charge in [0.1, 0.15) is 5.75 Å². The van der Waals surface area contributed by atoms with Crippen LogP contribution in [0.15, 0.2) is 54.6 Å². The van der Waals surface area contributed by atoms with Crippen molar-refractivity contribution in [2.75, 3.05) is 11.9 Å². The fourth-order valence-electron chi connectivity index (χ4n) is 2.35. The Balaban J connectivity index is 2.25. The second kappa shape index (κ2) is 9.61. The summed E-state index contributed by atoms with van der Waals surface area (Å²) in [4.78, 5) is 25.1. The predicted molar refractivity (Wildman–Crippen MR) is 101 cm³/mol.